The van der Waals surface area contributed by atoms with E-state index in [4.69, 9.17) is 9.73 Å². The van der Waals surface area contributed by atoms with Crippen molar-refractivity contribution in [2.45, 2.75) is 38.3 Å². The molecule has 7 nitrogen and oxygen atoms in total. The number of guanidine groups is 1. The molecule has 3 aliphatic rings. The van der Waals surface area contributed by atoms with Gasteiger partial charge in [0.05, 0.1) is 19.3 Å². The monoisotopic (exact) mass is 488 g/mol. The molecule has 0 amide bonds. The van der Waals surface area contributed by atoms with Crippen molar-refractivity contribution in [1.82, 2.24) is 24.9 Å². The third-order valence-corrected chi connectivity index (χ3v) is 5.68. The Balaban J connectivity index is 0.00000210. The topological polar surface area (TPSA) is 57.9 Å². The summed E-state index contributed by atoms with van der Waals surface area (Å²) in [4.78, 5) is 10.0. The van der Waals surface area contributed by atoms with Gasteiger partial charge < -0.3 is 19.9 Å². The van der Waals surface area contributed by atoms with Crippen molar-refractivity contribution in [3.05, 3.63) is 18.0 Å². The maximum Gasteiger partial charge on any atom is 0.194 e. The quantitative estimate of drug-likeness (QED) is 0.390. The van der Waals surface area contributed by atoms with Crippen LogP contribution in [0.2, 0.25) is 0 Å². The Morgan fingerprint density at radius 1 is 1.30 bits per heavy atom. The Hall–Kier alpha value is -0.870. The molecular formula is C19H33IN6O. The standard InChI is InChI=1S/C19H32N6O.HI/c1-3-20-19(21-10-15-6-7-24(12-15)17-4-5-17)25-8-9-26-18(14-25)16-11-22-23(2)13-16;/h11,13,15,17-18H,3-10,12,14H2,1-2H3,(H,20,21);1H. The zero-order valence-electron chi connectivity index (χ0n) is 16.5. The second kappa shape index (κ2) is 9.56. The van der Waals surface area contributed by atoms with Crippen LogP contribution in [0.3, 0.4) is 0 Å². The summed E-state index contributed by atoms with van der Waals surface area (Å²) in [5.41, 5.74) is 1.14. The predicted molar refractivity (Wildman–Crippen MR) is 118 cm³/mol. The fourth-order valence-electron chi connectivity index (χ4n) is 4.07. The third kappa shape index (κ3) is 5.35. The van der Waals surface area contributed by atoms with Crippen molar-refractivity contribution >= 4 is 29.9 Å². The van der Waals surface area contributed by atoms with E-state index in [2.05, 4.69) is 27.1 Å². The smallest absolute Gasteiger partial charge is 0.194 e. The Kier molecular flexibility index (Phi) is 7.38. The van der Waals surface area contributed by atoms with E-state index < -0.39 is 0 Å². The average Bonchev–Trinajstić information content (AvgIpc) is 3.24. The first-order valence-electron chi connectivity index (χ1n) is 10.1. The van der Waals surface area contributed by atoms with E-state index in [1.807, 2.05) is 24.1 Å². The molecule has 152 valence electrons. The largest absolute Gasteiger partial charge is 0.370 e. The van der Waals surface area contributed by atoms with Gasteiger partial charge in [-0.15, -0.1) is 24.0 Å². The minimum absolute atomic E-state index is 0. The van der Waals surface area contributed by atoms with Crippen LogP contribution in [0.1, 0.15) is 37.9 Å². The molecule has 1 aliphatic carbocycles. The number of ether oxygens (including phenoxy) is 1. The van der Waals surface area contributed by atoms with Gasteiger partial charge in [0, 0.05) is 51.0 Å². The van der Waals surface area contributed by atoms with Crippen LogP contribution < -0.4 is 5.32 Å². The van der Waals surface area contributed by atoms with E-state index in [1.165, 1.54) is 32.4 Å². The van der Waals surface area contributed by atoms with Crippen LogP contribution in [-0.2, 0) is 11.8 Å². The number of aryl methyl sites for hydroxylation is 1. The molecule has 2 atom stereocenters. The fourth-order valence-corrected chi connectivity index (χ4v) is 4.07. The molecule has 3 fully saturated rings. The molecule has 27 heavy (non-hydrogen) atoms. The highest BCUT2D eigenvalue weighted by Crippen LogP contribution is 2.31. The molecule has 2 unspecified atom stereocenters. The van der Waals surface area contributed by atoms with Gasteiger partial charge in [0.2, 0.25) is 0 Å². The molecule has 0 bridgehead atoms. The van der Waals surface area contributed by atoms with Crippen LogP contribution >= 0.6 is 24.0 Å². The maximum atomic E-state index is 5.98. The molecule has 1 aromatic rings. The second-order valence-corrected chi connectivity index (χ2v) is 7.83. The second-order valence-electron chi connectivity index (χ2n) is 7.83. The van der Waals surface area contributed by atoms with Crippen LogP contribution in [-0.4, -0.2) is 77.5 Å². The van der Waals surface area contributed by atoms with Crippen LogP contribution in [0.5, 0.6) is 0 Å². The van der Waals surface area contributed by atoms with Crippen LogP contribution in [0.15, 0.2) is 17.4 Å². The van der Waals surface area contributed by atoms with Gasteiger partial charge in [0.15, 0.2) is 5.96 Å². The molecule has 1 saturated carbocycles. The summed E-state index contributed by atoms with van der Waals surface area (Å²) >= 11 is 0. The summed E-state index contributed by atoms with van der Waals surface area (Å²) in [5.74, 6) is 1.74. The Morgan fingerprint density at radius 3 is 2.85 bits per heavy atom. The number of hydrogen-bond donors (Lipinski definition) is 1. The highest BCUT2D eigenvalue weighted by molar-refractivity contribution is 14.0. The SMILES string of the molecule is CCNC(=NCC1CCN(C2CC2)C1)N1CCOC(c2cnn(C)c2)C1.I. The normalized spacial score (nSPS) is 26.9. The zero-order chi connectivity index (χ0) is 17.9. The minimum Gasteiger partial charge on any atom is -0.370 e. The first-order chi connectivity index (χ1) is 12.7. The molecule has 0 aromatic carbocycles. The van der Waals surface area contributed by atoms with Crippen molar-refractivity contribution in [2.24, 2.45) is 18.0 Å². The average molecular weight is 488 g/mol. The highest BCUT2D eigenvalue weighted by Gasteiger charge is 2.34. The van der Waals surface area contributed by atoms with E-state index in [-0.39, 0.29) is 30.1 Å². The van der Waals surface area contributed by atoms with Crippen LogP contribution in [0.25, 0.3) is 0 Å². The molecule has 4 rings (SSSR count). The molecule has 1 N–H and O–H groups in total. The molecule has 2 aliphatic heterocycles. The lowest BCUT2D eigenvalue weighted by atomic mass is 10.1. The number of rotatable bonds is 5. The number of nitrogens with one attached hydrogen (secondary N) is 1. The summed E-state index contributed by atoms with van der Waals surface area (Å²) in [6, 6.07) is 0.886. The van der Waals surface area contributed by atoms with Crippen molar-refractivity contribution in [3.63, 3.8) is 0 Å². The number of aliphatic imine (C=N–C) groups is 1. The lowest BCUT2D eigenvalue weighted by Gasteiger charge is -2.35. The number of aromatic nitrogens is 2. The van der Waals surface area contributed by atoms with E-state index in [1.54, 1.807) is 0 Å². The molecule has 3 heterocycles. The molecule has 8 heteroatoms. The Morgan fingerprint density at radius 2 is 2.15 bits per heavy atom. The maximum absolute atomic E-state index is 5.98. The molecule has 1 aromatic heterocycles. The lowest BCUT2D eigenvalue weighted by Crippen LogP contribution is -2.48. The van der Waals surface area contributed by atoms with Gasteiger partial charge in [-0.2, -0.15) is 5.10 Å². The summed E-state index contributed by atoms with van der Waals surface area (Å²) in [6.07, 6.45) is 8.12. The van der Waals surface area contributed by atoms with Crippen molar-refractivity contribution < 1.29 is 4.74 Å². The molecular weight excluding hydrogens is 455 g/mol. The molecule has 0 spiro atoms. The number of hydrogen-bond acceptors (Lipinski definition) is 4. The predicted octanol–water partition coefficient (Wildman–Crippen LogP) is 1.86. The number of morpholine rings is 1. The van der Waals surface area contributed by atoms with E-state index in [0.29, 0.717) is 5.92 Å². The third-order valence-electron chi connectivity index (χ3n) is 5.68. The van der Waals surface area contributed by atoms with Crippen molar-refractivity contribution in [1.29, 1.82) is 0 Å². The van der Waals surface area contributed by atoms with E-state index in [9.17, 15) is 0 Å². The van der Waals surface area contributed by atoms with Gasteiger partial charge in [-0.05, 0) is 38.6 Å². The van der Waals surface area contributed by atoms with Gasteiger partial charge in [0.25, 0.3) is 0 Å². The molecule has 2 saturated heterocycles. The van der Waals surface area contributed by atoms with Gasteiger partial charge in [-0.25, -0.2) is 0 Å². The van der Waals surface area contributed by atoms with Crippen LogP contribution in [0.4, 0.5) is 0 Å². The summed E-state index contributed by atoms with van der Waals surface area (Å²) < 4.78 is 7.81. The minimum atomic E-state index is 0. The Bertz CT molecular complexity index is 631. The fraction of sp³-hybridized carbons (Fsp3) is 0.789. The van der Waals surface area contributed by atoms with Gasteiger partial charge >= 0.3 is 0 Å². The number of likely N-dealkylation sites (tertiary alicyclic amines) is 1. The van der Waals surface area contributed by atoms with Crippen LogP contribution in [0, 0.1) is 5.92 Å². The van der Waals surface area contributed by atoms with Gasteiger partial charge in [-0.3, -0.25) is 9.67 Å². The zero-order valence-corrected chi connectivity index (χ0v) is 18.8. The summed E-state index contributed by atoms with van der Waals surface area (Å²) in [5, 5.41) is 7.77. The Labute approximate surface area is 179 Å². The van der Waals surface area contributed by atoms with E-state index in [0.717, 1.165) is 50.4 Å². The van der Waals surface area contributed by atoms with Gasteiger partial charge in [-0.1, -0.05) is 0 Å². The number of halogens is 1. The summed E-state index contributed by atoms with van der Waals surface area (Å²) in [6.45, 7) is 8.91. The first kappa shape index (κ1) is 20.9. The van der Waals surface area contributed by atoms with Gasteiger partial charge in [0.1, 0.15) is 6.10 Å². The number of nitrogens with zero attached hydrogens (tertiary/aromatic N) is 5. The molecule has 0 radical (unpaired) electrons. The summed E-state index contributed by atoms with van der Waals surface area (Å²) in [7, 11) is 1.95. The van der Waals surface area contributed by atoms with E-state index >= 15 is 0 Å². The first-order valence-corrected chi connectivity index (χ1v) is 10.1. The van der Waals surface area contributed by atoms with Crippen molar-refractivity contribution in [2.75, 3.05) is 45.9 Å². The highest BCUT2D eigenvalue weighted by atomic mass is 127. The lowest BCUT2D eigenvalue weighted by molar-refractivity contribution is -0.00806. The van der Waals surface area contributed by atoms with Crippen molar-refractivity contribution in [3.8, 4) is 0 Å².